The number of aliphatic hydroxyl groups is 1. The molecule has 78 valence electrons. The highest BCUT2D eigenvalue weighted by Gasteiger charge is 2.21. The summed E-state index contributed by atoms with van der Waals surface area (Å²) in [7, 11) is 0. The molecule has 1 saturated heterocycles. The normalized spacial score (nSPS) is 18.2. The maximum absolute atomic E-state index is 10.8. The second-order valence-corrected chi connectivity index (χ2v) is 2.51. The Hall–Kier alpha value is -1.13. The van der Waals surface area contributed by atoms with Gasteiger partial charge in [-0.05, 0) is 5.92 Å². The van der Waals surface area contributed by atoms with Crippen molar-refractivity contribution in [1.82, 2.24) is 10.8 Å². The Labute approximate surface area is 81.5 Å². The molecular weight excluding hydrogens is 188 g/mol. The van der Waals surface area contributed by atoms with E-state index in [1.165, 1.54) is 0 Å². The van der Waals surface area contributed by atoms with Crippen LogP contribution in [0.3, 0.4) is 0 Å². The SMILES string of the molecule is O=C(C#CCONC1CO1)NCCO. The molecule has 6 heteroatoms. The summed E-state index contributed by atoms with van der Waals surface area (Å²) in [6, 6.07) is 0. The number of amides is 1. The molecule has 1 atom stereocenters. The fraction of sp³-hybridized carbons (Fsp3) is 0.625. The van der Waals surface area contributed by atoms with Gasteiger partial charge in [0.05, 0.1) is 13.2 Å². The van der Waals surface area contributed by atoms with Crippen LogP contribution in [0.15, 0.2) is 0 Å². The van der Waals surface area contributed by atoms with Crippen molar-refractivity contribution >= 4 is 5.91 Å². The van der Waals surface area contributed by atoms with Gasteiger partial charge in [-0.3, -0.25) is 9.63 Å². The summed E-state index contributed by atoms with van der Waals surface area (Å²) in [6.07, 6.45) is -0.0278. The molecule has 0 aromatic rings. The fourth-order valence-electron chi connectivity index (χ4n) is 0.617. The number of nitrogens with one attached hydrogen (secondary N) is 2. The standard InChI is InChI=1S/C8H12N2O4/c11-4-3-9-7(12)2-1-5-14-10-8-6-13-8/h8,10-11H,3-6H2,(H,9,12). The first-order valence-corrected chi connectivity index (χ1v) is 4.19. The zero-order chi connectivity index (χ0) is 10.2. The van der Waals surface area contributed by atoms with E-state index in [1.54, 1.807) is 0 Å². The number of hydrogen-bond acceptors (Lipinski definition) is 5. The van der Waals surface area contributed by atoms with E-state index in [0.29, 0.717) is 6.61 Å². The zero-order valence-electron chi connectivity index (χ0n) is 7.58. The van der Waals surface area contributed by atoms with E-state index in [9.17, 15) is 4.79 Å². The maximum Gasteiger partial charge on any atom is 0.296 e. The summed E-state index contributed by atoms with van der Waals surface area (Å²) >= 11 is 0. The molecule has 0 aliphatic carbocycles. The lowest BCUT2D eigenvalue weighted by Gasteiger charge is -1.96. The van der Waals surface area contributed by atoms with Crippen LogP contribution in [0.4, 0.5) is 0 Å². The molecule has 6 nitrogen and oxygen atoms in total. The first kappa shape index (κ1) is 10.9. The van der Waals surface area contributed by atoms with Gasteiger partial charge in [-0.25, -0.2) is 0 Å². The summed E-state index contributed by atoms with van der Waals surface area (Å²) < 4.78 is 4.80. The average molecular weight is 200 g/mol. The lowest BCUT2D eigenvalue weighted by molar-refractivity contribution is -0.115. The molecule has 1 heterocycles. The van der Waals surface area contributed by atoms with Crippen LogP contribution in [0.2, 0.25) is 0 Å². The van der Waals surface area contributed by atoms with Crippen LogP contribution in [0.1, 0.15) is 0 Å². The van der Waals surface area contributed by atoms with Crippen LogP contribution in [-0.2, 0) is 14.4 Å². The minimum absolute atomic E-state index is 0.0278. The first-order chi connectivity index (χ1) is 6.83. The minimum Gasteiger partial charge on any atom is -0.395 e. The van der Waals surface area contributed by atoms with E-state index in [-0.39, 0.29) is 26.0 Å². The van der Waals surface area contributed by atoms with Gasteiger partial charge in [-0.15, -0.1) is 0 Å². The summed E-state index contributed by atoms with van der Waals surface area (Å²) in [5, 5.41) is 10.8. The molecule has 0 aromatic heterocycles. The van der Waals surface area contributed by atoms with Gasteiger partial charge in [0.15, 0.2) is 6.23 Å². The molecule has 1 amide bonds. The Morgan fingerprint density at radius 3 is 3.14 bits per heavy atom. The van der Waals surface area contributed by atoms with Crippen molar-refractivity contribution in [2.45, 2.75) is 6.23 Å². The predicted molar refractivity (Wildman–Crippen MR) is 46.7 cm³/mol. The number of hydrogen-bond donors (Lipinski definition) is 3. The number of aliphatic hydroxyl groups excluding tert-OH is 1. The zero-order valence-corrected chi connectivity index (χ0v) is 7.58. The topological polar surface area (TPSA) is 83.1 Å². The van der Waals surface area contributed by atoms with Gasteiger partial charge in [0.2, 0.25) is 0 Å². The largest absolute Gasteiger partial charge is 0.395 e. The van der Waals surface area contributed by atoms with Crippen molar-refractivity contribution in [1.29, 1.82) is 0 Å². The van der Waals surface area contributed by atoms with Gasteiger partial charge in [0.1, 0.15) is 6.61 Å². The van der Waals surface area contributed by atoms with Crippen molar-refractivity contribution in [2.24, 2.45) is 0 Å². The van der Waals surface area contributed by atoms with E-state index in [1.807, 2.05) is 0 Å². The van der Waals surface area contributed by atoms with Crippen LogP contribution in [0, 0.1) is 11.8 Å². The van der Waals surface area contributed by atoms with E-state index in [2.05, 4.69) is 22.6 Å². The molecule has 0 bridgehead atoms. The van der Waals surface area contributed by atoms with E-state index in [4.69, 9.17) is 14.7 Å². The quantitative estimate of drug-likeness (QED) is 0.206. The lowest BCUT2D eigenvalue weighted by Crippen LogP contribution is -2.25. The lowest BCUT2D eigenvalue weighted by atomic mass is 10.5. The van der Waals surface area contributed by atoms with Crippen LogP contribution >= 0.6 is 0 Å². The smallest absolute Gasteiger partial charge is 0.296 e. The molecule has 1 unspecified atom stereocenters. The van der Waals surface area contributed by atoms with Crippen LogP contribution in [0.25, 0.3) is 0 Å². The third-order valence-corrected chi connectivity index (χ3v) is 1.29. The highest BCUT2D eigenvalue weighted by atomic mass is 16.7. The number of hydroxylamine groups is 1. The Kier molecular flexibility index (Phi) is 4.96. The Balaban J connectivity index is 1.96. The third-order valence-electron chi connectivity index (χ3n) is 1.29. The summed E-state index contributed by atoms with van der Waals surface area (Å²) in [6.45, 7) is 0.879. The molecule has 1 aliphatic heterocycles. The molecule has 0 radical (unpaired) electrons. The second kappa shape index (κ2) is 6.34. The van der Waals surface area contributed by atoms with Crippen molar-refractivity contribution < 1.29 is 19.5 Å². The van der Waals surface area contributed by atoms with Crippen LogP contribution in [0.5, 0.6) is 0 Å². The molecule has 0 saturated carbocycles. The number of carbonyl (C=O) groups excluding carboxylic acids is 1. The molecule has 14 heavy (non-hydrogen) atoms. The van der Waals surface area contributed by atoms with E-state index < -0.39 is 5.91 Å². The Bertz CT molecular complexity index is 241. The number of carbonyl (C=O) groups is 1. The van der Waals surface area contributed by atoms with Crippen LogP contribution in [-0.4, -0.2) is 43.6 Å². The van der Waals surface area contributed by atoms with Gasteiger partial charge in [-0.1, -0.05) is 5.92 Å². The highest BCUT2D eigenvalue weighted by Crippen LogP contribution is 2.02. The Morgan fingerprint density at radius 2 is 2.50 bits per heavy atom. The highest BCUT2D eigenvalue weighted by molar-refractivity contribution is 5.93. The number of ether oxygens (including phenoxy) is 1. The second-order valence-electron chi connectivity index (χ2n) is 2.51. The predicted octanol–water partition coefficient (Wildman–Crippen LogP) is -2.02. The third kappa shape index (κ3) is 5.50. The van der Waals surface area contributed by atoms with E-state index >= 15 is 0 Å². The van der Waals surface area contributed by atoms with Crippen LogP contribution < -0.4 is 10.8 Å². The van der Waals surface area contributed by atoms with Crippen molar-refractivity contribution in [2.75, 3.05) is 26.4 Å². The molecule has 3 N–H and O–H groups in total. The summed E-state index contributed by atoms with van der Waals surface area (Å²) in [4.78, 5) is 15.6. The van der Waals surface area contributed by atoms with Crippen molar-refractivity contribution in [3.8, 4) is 11.8 Å². The van der Waals surface area contributed by atoms with E-state index in [0.717, 1.165) is 0 Å². The number of epoxide rings is 1. The van der Waals surface area contributed by atoms with Gasteiger partial charge in [0, 0.05) is 6.54 Å². The molecule has 1 aliphatic rings. The number of rotatable bonds is 5. The van der Waals surface area contributed by atoms with Gasteiger partial charge in [-0.2, -0.15) is 5.48 Å². The molecule has 0 aromatic carbocycles. The Morgan fingerprint density at radius 1 is 1.71 bits per heavy atom. The monoisotopic (exact) mass is 200 g/mol. The van der Waals surface area contributed by atoms with Crippen molar-refractivity contribution in [3.63, 3.8) is 0 Å². The molecular formula is C8H12N2O4. The average Bonchev–Trinajstić information content (AvgIpc) is 2.98. The molecule has 0 spiro atoms. The van der Waals surface area contributed by atoms with Gasteiger partial charge < -0.3 is 15.2 Å². The molecule has 1 fully saturated rings. The van der Waals surface area contributed by atoms with Gasteiger partial charge in [0.25, 0.3) is 5.91 Å². The minimum atomic E-state index is -0.426. The van der Waals surface area contributed by atoms with Crippen molar-refractivity contribution in [3.05, 3.63) is 0 Å². The summed E-state index contributed by atoms with van der Waals surface area (Å²) in [5.41, 5.74) is 2.58. The van der Waals surface area contributed by atoms with Gasteiger partial charge >= 0.3 is 0 Å². The first-order valence-electron chi connectivity index (χ1n) is 4.19. The maximum atomic E-state index is 10.8. The molecule has 1 rings (SSSR count). The fourth-order valence-corrected chi connectivity index (χ4v) is 0.617. The summed E-state index contributed by atoms with van der Waals surface area (Å²) in [5.74, 6) is 4.36.